The molecule has 0 spiro atoms. The Morgan fingerprint density at radius 3 is 3.19 bits per heavy atom. The van der Waals surface area contributed by atoms with Crippen LogP contribution in [0.5, 0.6) is 0 Å². The van der Waals surface area contributed by atoms with Gasteiger partial charge in [0.1, 0.15) is 0 Å². The number of halogens is 1. The highest BCUT2D eigenvalue weighted by Crippen LogP contribution is 2.29. The predicted octanol–water partition coefficient (Wildman–Crippen LogP) is 2.41. The SMILES string of the molecule is NCCC1CCCN(c2ccncc2Br)C1. The molecule has 1 aromatic rings. The molecule has 1 aromatic heterocycles. The predicted molar refractivity (Wildman–Crippen MR) is 70.5 cm³/mol. The van der Waals surface area contributed by atoms with Gasteiger partial charge in [0, 0.05) is 25.5 Å². The lowest BCUT2D eigenvalue weighted by Crippen LogP contribution is -2.36. The van der Waals surface area contributed by atoms with E-state index in [1.807, 2.05) is 12.4 Å². The fourth-order valence-corrected chi connectivity index (χ4v) is 2.88. The Kier molecular flexibility index (Phi) is 4.18. The minimum Gasteiger partial charge on any atom is -0.370 e. The van der Waals surface area contributed by atoms with Crippen molar-refractivity contribution in [3.8, 4) is 0 Å². The zero-order valence-corrected chi connectivity index (χ0v) is 11.0. The normalized spacial score (nSPS) is 21.1. The second kappa shape index (κ2) is 5.64. The van der Waals surface area contributed by atoms with E-state index in [2.05, 4.69) is 31.9 Å². The molecule has 1 saturated heterocycles. The number of rotatable bonds is 3. The number of anilines is 1. The number of aromatic nitrogens is 1. The number of hydrogen-bond acceptors (Lipinski definition) is 3. The molecule has 2 N–H and O–H groups in total. The molecule has 0 aromatic carbocycles. The van der Waals surface area contributed by atoms with Gasteiger partial charge in [0.15, 0.2) is 0 Å². The lowest BCUT2D eigenvalue weighted by molar-refractivity contribution is 0.396. The van der Waals surface area contributed by atoms with Crippen LogP contribution >= 0.6 is 15.9 Å². The van der Waals surface area contributed by atoms with E-state index in [1.165, 1.54) is 18.5 Å². The number of hydrogen-bond donors (Lipinski definition) is 1. The fraction of sp³-hybridized carbons (Fsp3) is 0.583. The van der Waals surface area contributed by atoms with Crippen molar-refractivity contribution in [3.63, 3.8) is 0 Å². The molecular weight excluding hydrogens is 266 g/mol. The molecule has 0 saturated carbocycles. The number of piperidine rings is 1. The van der Waals surface area contributed by atoms with Gasteiger partial charge >= 0.3 is 0 Å². The number of nitrogens with two attached hydrogens (primary N) is 1. The van der Waals surface area contributed by atoms with Crippen LogP contribution in [-0.2, 0) is 0 Å². The van der Waals surface area contributed by atoms with E-state index in [9.17, 15) is 0 Å². The minimum atomic E-state index is 0.749. The Balaban J connectivity index is 2.07. The smallest absolute Gasteiger partial charge is 0.0592 e. The van der Waals surface area contributed by atoms with Gasteiger partial charge in [0.25, 0.3) is 0 Å². The highest BCUT2D eigenvalue weighted by atomic mass is 79.9. The van der Waals surface area contributed by atoms with E-state index in [1.54, 1.807) is 0 Å². The maximum atomic E-state index is 5.64. The first kappa shape index (κ1) is 11.9. The van der Waals surface area contributed by atoms with Crippen LogP contribution in [-0.4, -0.2) is 24.6 Å². The van der Waals surface area contributed by atoms with Crippen molar-refractivity contribution < 1.29 is 0 Å². The molecule has 0 bridgehead atoms. The molecule has 1 aliphatic rings. The Morgan fingerprint density at radius 1 is 1.56 bits per heavy atom. The third-order valence-corrected chi connectivity index (χ3v) is 3.80. The van der Waals surface area contributed by atoms with Crippen molar-refractivity contribution >= 4 is 21.6 Å². The van der Waals surface area contributed by atoms with E-state index in [4.69, 9.17) is 5.73 Å². The van der Waals surface area contributed by atoms with Gasteiger partial charge in [-0.05, 0) is 53.7 Å². The minimum absolute atomic E-state index is 0.749. The van der Waals surface area contributed by atoms with Crippen LogP contribution in [0.2, 0.25) is 0 Å². The second-order valence-electron chi connectivity index (χ2n) is 4.36. The average Bonchev–Trinajstić information content (AvgIpc) is 2.30. The van der Waals surface area contributed by atoms with Crippen molar-refractivity contribution in [2.45, 2.75) is 19.3 Å². The standard InChI is InChI=1S/C12H18BrN3/c13-11-8-15-6-4-12(11)16-7-1-2-10(9-16)3-5-14/h4,6,8,10H,1-3,5,7,9,14H2. The highest BCUT2D eigenvalue weighted by Gasteiger charge is 2.20. The van der Waals surface area contributed by atoms with E-state index in [-0.39, 0.29) is 0 Å². The first-order chi connectivity index (χ1) is 7.81. The number of nitrogens with zero attached hydrogens (tertiary/aromatic N) is 2. The van der Waals surface area contributed by atoms with Gasteiger partial charge in [-0.2, -0.15) is 0 Å². The van der Waals surface area contributed by atoms with Crippen LogP contribution in [0.1, 0.15) is 19.3 Å². The Labute approximate surface area is 105 Å². The molecule has 0 radical (unpaired) electrons. The van der Waals surface area contributed by atoms with E-state index < -0.39 is 0 Å². The van der Waals surface area contributed by atoms with Crippen molar-refractivity contribution in [1.29, 1.82) is 0 Å². The Morgan fingerprint density at radius 2 is 2.44 bits per heavy atom. The third kappa shape index (κ3) is 2.74. The molecule has 0 aliphatic carbocycles. The molecular formula is C12H18BrN3. The summed E-state index contributed by atoms with van der Waals surface area (Å²) < 4.78 is 1.09. The van der Waals surface area contributed by atoms with Crippen molar-refractivity contribution in [3.05, 3.63) is 22.9 Å². The van der Waals surface area contributed by atoms with E-state index >= 15 is 0 Å². The zero-order valence-electron chi connectivity index (χ0n) is 9.40. The van der Waals surface area contributed by atoms with Crippen molar-refractivity contribution in [1.82, 2.24) is 4.98 Å². The quantitative estimate of drug-likeness (QED) is 0.926. The molecule has 88 valence electrons. The summed E-state index contributed by atoms with van der Waals surface area (Å²) in [6.07, 6.45) is 7.43. The van der Waals surface area contributed by atoms with Gasteiger partial charge in [0.05, 0.1) is 10.2 Å². The maximum absolute atomic E-state index is 5.64. The summed E-state index contributed by atoms with van der Waals surface area (Å²) in [5.74, 6) is 0.749. The lowest BCUT2D eigenvalue weighted by Gasteiger charge is -2.34. The topological polar surface area (TPSA) is 42.1 Å². The maximum Gasteiger partial charge on any atom is 0.0592 e. The molecule has 0 amide bonds. The first-order valence-electron chi connectivity index (χ1n) is 5.86. The molecule has 2 heterocycles. The molecule has 1 atom stereocenters. The zero-order chi connectivity index (χ0) is 11.4. The summed E-state index contributed by atoms with van der Waals surface area (Å²) >= 11 is 3.56. The Hall–Kier alpha value is -0.610. The van der Waals surface area contributed by atoms with Crippen molar-refractivity contribution in [2.75, 3.05) is 24.5 Å². The molecule has 2 rings (SSSR count). The first-order valence-corrected chi connectivity index (χ1v) is 6.65. The molecule has 1 fully saturated rings. The van der Waals surface area contributed by atoms with Gasteiger partial charge in [-0.15, -0.1) is 0 Å². The van der Waals surface area contributed by atoms with Gasteiger partial charge in [0.2, 0.25) is 0 Å². The lowest BCUT2D eigenvalue weighted by atomic mass is 9.94. The van der Waals surface area contributed by atoms with Crippen LogP contribution in [0.15, 0.2) is 22.9 Å². The number of pyridine rings is 1. The van der Waals surface area contributed by atoms with Gasteiger partial charge < -0.3 is 10.6 Å². The van der Waals surface area contributed by atoms with Gasteiger partial charge in [-0.25, -0.2) is 0 Å². The van der Waals surface area contributed by atoms with Crippen LogP contribution < -0.4 is 10.6 Å². The monoisotopic (exact) mass is 283 g/mol. The summed E-state index contributed by atoms with van der Waals surface area (Å²) in [5.41, 5.74) is 6.90. The molecule has 1 unspecified atom stereocenters. The largest absolute Gasteiger partial charge is 0.370 e. The Bertz CT molecular complexity index is 341. The van der Waals surface area contributed by atoms with E-state index in [0.29, 0.717) is 0 Å². The average molecular weight is 284 g/mol. The summed E-state index contributed by atoms with van der Waals surface area (Å²) in [6.45, 7) is 3.07. The molecule has 3 nitrogen and oxygen atoms in total. The fourth-order valence-electron chi connectivity index (χ4n) is 2.38. The van der Waals surface area contributed by atoms with Gasteiger partial charge in [-0.3, -0.25) is 4.98 Å². The summed E-state index contributed by atoms with van der Waals surface area (Å²) in [4.78, 5) is 6.54. The molecule has 1 aliphatic heterocycles. The summed E-state index contributed by atoms with van der Waals surface area (Å²) in [6, 6.07) is 2.08. The van der Waals surface area contributed by atoms with Crippen molar-refractivity contribution in [2.24, 2.45) is 11.7 Å². The van der Waals surface area contributed by atoms with Crippen LogP contribution in [0, 0.1) is 5.92 Å². The summed E-state index contributed by atoms with van der Waals surface area (Å²) in [5, 5.41) is 0. The third-order valence-electron chi connectivity index (χ3n) is 3.19. The van der Waals surface area contributed by atoms with Gasteiger partial charge in [-0.1, -0.05) is 0 Å². The molecule has 16 heavy (non-hydrogen) atoms. The van der Waals surface area contributed by atoms with Crippen LogP contribution in [0.3, 0.4) is 0 Å². The highest BCUT2D eigenvalue weighted by molar-refractivity contribution is 9.10. The second-order valence-corrected chi connectivity index (χ2v) is 5.21. The summed E-state index contributed by atoms with van der Waals surface area (Å²) in [7, 11) is 0. The van der Waals surface area contributed by atoms with Crippen LogP contribution in [0.25, 0.3) is 0 Å². The van der Waals surface area contributed by atoms with Crippen LogP contribution in [0.4, 0.5) is 5.69 Å². The molecule has 4 heteroatoms. The van der Waals surface area contributed by atoms with E-state index in [0.717, 1.165) is 36.4 Å².